The lowest BCUT2D eigenvalue weighted by Gasteiger charge is -2.25. The van der Waals surface area contributed by atoms with Gasteiger partial charge in [-0.15, -0.1) is 0 Å². The SMILES string of the molecule is CNC1CCC(C)(Cc2ccc(Cl)cc2Cl)C1. The third-order valence-electron chi connectivity index (χ3n) is 3.88. The molecule has 1 N–H and O–H groups in total. The molecule has 0 aliphatic heterocycles. The lowest BCUT2D eigenvalue weighted by molar-refractivity contribution is 0.324. The van der Waals surface area contributed by atoms with Gasteiger partial charge in [-0.3, -0.25) is 0 Å². The van der Waals surface area contributed by atoms with Crippen molar-refractivity contribution in [2.24, 2.45) is 5.41 Å². The Morgan fingerprint density at radius 1 is 1.41 bits per heavy atom. The van der Waals surface area contributed by atoms with Gasteiger partial charge in [-0.1, -0.05) is 36.2 Å². The number of rotatable bonds is 3. The Balaban J connectivity index is 2.10. The van der Waals surface area contributed by atoms with Crippen molar-refractivity contribution < 1.29 is 0 Å². The first-order valence-electron chi connectivity index (χ1n) is 6.14. The largest absolute Gasteiger partial charge is 0.317 e. The maximum absolute atomic E-state index is 6.24. The van der Waals surface area contributed by atoms with Crippen molar-refractivity contribution in [1.82, 2.24) is 5.32 Å². The molecule has 2 unspecified atom stereocenters. The van der Waals surface area contributed by atoms with E-state index in [1.54, 1.807) is 0 Å². The molecule has 1 nitrogen and oxygen atoms in total. The zero-order chi connectivity index (χ0) is 12.5. The molecule has 3 heteroatoms. The summed E-state index contributed by atoms with van der Waals surface area (Å²) >= 11 is 12.2. The summed E-state index contributed by atoms with van der Waals surface area (Å²) in [6.45, 7) is 2.36. The molecule has 0 spiro atoms. The molecule has 1 aliphatic rings. The first kappa shape index (κ1) is 13.2. The maximum Gasteiger partial charge on any atom is 0.0453 e. The van der Waals surface area contributed by atoms with Crippen molar-refractivity contribution >= 4 is 23.2 Å². The first-order chi connectivity index (χ1) is 8.02. The van der Waals surface area contributed by atoms with Crippen LogP contribution in [0.15, 0.2) is 18.2 Å². The highest BCUT2D eigenvalue weighted by atomic mass is 35.5. The van der Waals surface area contributed by atoms with Gasteiger partial charge in [0.25, 0.3) is 0 Å². The summed E-state index contributed by atoms with van der Waals surface area (Å²) in [7, 11) is 2.05. The molecule has 17 heavy (non-hydrogen) atoms. The van der Waals surface area contributed by atoms with Crippen molar-refractivity contribution in [2.75, 3.05) is 7.05 Å². The van der Waals surface area contributed by atoms with E-state index in [0.29, 0.717) is 16.5 Å². The molecule has 1 aliphatic carbocycles. The summed E-state index contributed by atoms with van der Waals surface area (Å²) in [4.78, 5) is 0. The van der Waals surface area contributed by atoms with Gasteiger partial charge in [0, 0.05) is 16.1 Å². The predicted molar refractivity (Wildman–Crippen MR) is 75.0 cm³/mol. The number of nitrogens with one attached hydrogen (secondary N) is 1. The fourth-order valence-corrected chi connectivity index (χ4v) is 3.33. The molecular formula is C14H19Cl2N. The molecule has 1 saturated carbocycles. The second-order valence-electron chi connectivity index (χ2n) is 5.45. The summed E-state index contributed by atoms with van der Waals surface area (Å²) in [5.74, 6) is 0. The van der Waals surface area contributed by atoms with Gasteiger partial charge in [-0.2, -0.15) is 0 Å². The van der Waals surface area contributed by atoms with Crippen LogP contribution < -0.4 is 5.32 Å². The van der Waals surface area contributed by atoms with Crippen molar-refractivity contribution in [3.05, 3.63) is 33.8 Å². The van der Waals surface area contributed by atoms with Crippen LogP contribution in [-0.4, -0.2) is 13.1 Å². The topological polar surface area (TPSA) is 12.0 Å². The van der Waals surface area contributed by atoms with Gasteiger partial charge in [0.1, 0.15) is 0 Å². The molecule has 0 bridgehead atoms. The Kier molecular flexibility index (Phi) is 4.02. The molecule has 94 valence electrons. The zero-order valence-corrected chi connectivity index (χ0v) is 11.9. The van der Waals surface area contributed by atoms with Gasteiger partial charge in [0.15, 0.2) is 0 Å². The molecule has 1 aromatic carbocycles. The van der Waals surface area contributed by atoms with Gasteiger partial charge < -0.3 is 5.32 Å². The molecule has 1 fully saturated rings. The van der Waals surface area contributed by atoms with Crippen molar-refractivity contribution in [3.8, 4) is 0 Å². The second-order valence-corrected chi connectivity index (χ2v) is 6.30. The Labute approximate surface area is 114 Å². The van der Waals surface area contributed by atoms with E-state index < -0.39 is 0 Å². The van der Waals surface area contributed by atoms with Crippen LogP contribution >= 0.6 is 23.2 Å². The third kappa shape index (κ3) is 3.15. The van der Waals surface area contributed by atoms with Crippen LogP contribution in [0.2, 0.25) is 10.0 Å². The van der Waals surface area contributed by atoms with Crippen LogP contribution in [0.5, 0.6) is 0 Å². The van der Waals surface area contributed by atoms with E-state index in [1.165, 1.54) is 24.8 Å². The van der Waals surface area contributed by atoms with E-state index in [9.17, 15) is 0 Å². The highest BCUT2D eigenvalue weighted by Gasteiger charge is 2.34. The molecule has 1 aromatic rings. The number of halogens is 2. The normalized spacial score (nSPS) is 28.6. The van der Waals surface area contributed by atoms with Crippen LogP contribution in [0, 0.1) is 5.41 Å². The van der Waals surface area contributed by atoms with Gasteiger partial charge >= 0.3 is 0 Å². The Bertz CT molecular complexity index is 405. The van der Waals surface area contributed by atoms with Crippen molar-refractivity contribution in [1.29, 1.82) is 0 Å². The molecule has 0 radical (unpaired) electrons. The smallest absolute Gasteiger partial charge is 0.0453 e. The van der Waals surface area contributed by atoms with E-state index in [2.05, 4.69) is 18.3 Å². The minimum absolute atomic E-state index is 0.366. The maximum atomic E-state index is 6.24. The summed E-state index contributed by atoms with van der Waals surface area (Å²) in [6, 6.07) is 6.48. The molecule has 2 atom stereocenters. The molecule has 0 amide bonds. The van der Waals surface area contributed by atoms with E-state index in [-0.39, 0.29) is 0 Å². The summed E-state index contributed by atoms with van der Waals surface area (Å²) in [5, 5.41) is 4.88. The quantitative estimate of drug-likeness (QED) is 0.864. The van der Waals surface area contributed by atoms with Crippen molar-refractivity contribution in [3.63, 3.8) is 0 Å². The minimum atomic E-state index is 0.366. The van der Waals surface area contributed by atoms with Crippen LogP contribution in [0.1, 0.15) is 31.7 Å². The minimum Gasteiger partial charge on any atom is -0.317 e. The Morgan fingerprint density at radius 2 is 2.18 bits per heavy atom. The Morgan fingerprint density at radius 3 is 2.76 bits per heavy atom. The monoisotopic (exact) mass is 271 g/mol. The van der Waals surface area contributed by atoms with E-state index in [0.717, 1.165) is 11.4 Å². The second kappa shape index (κ2) is 5.17. The van der Waals surface area contributed by atoms with Gasteiger partial charge in [0.2, 0.25) is 0 Å². The van der Waals surface area contributed by atoms with E-state index in [1.807, 2.05) is 19.2 Å². The van der Waals surface area contributed by atoms with Gasteiger partial charge in [0.05, 0.1) is 0 Å². The fraction of sp³-hybridized carbons (Fsp3) is 0.571. The lowest BCUT2D eigenvalue weighted by Crippen LogP contribution is -2.24. The van der Waals surface area contributed by atoms with Crippen LogP contribution in [0.4, 0.5) is 0 Å². The zero-order valence-electron chi connectivity index (χ0n) is 10.4. The van der Waals surface area contributed by atoms with E-state index in [4.69, 9.17) is 23.2 Å². The molecule has 2 rings (SSSR count). The highest BCUT2D eigenvalue weighted by Crippen LogP contribution is 2.41. The van der Waals surface area contributed by atoms with Crippen molar-refractivity contribution in [2.45, 2.75) is 38.6 Å². The Hall–Kier alpha value is -0.240. The third-order valence-corrected chi connectivity index (χ3v) is 4.46. The number of hydrogen-bond donors (Lipinski definition) is 1. The molecule has 0 aromatic heterocycles. The summed E-state index contributed by atoms with van der Waals surface area (Å²) in [5.41, 5.74) is 1.58. The summed E-state index contributed by atoms with van der Waals surface area (Å²) < 4.78 is 0. The number of benzene rings is 1. The standard InChI is InChI=1S/C14H19Cl2N/c1-14(6-5-12(9-14)17-2)8-10-3-4-11(15)7-13(10)16/h3-4,7,12,17H,5-6,8-9H2,1-2H3. The van der Waals surface area contributed by atoms with E-state index >= 15 is 0 Å². The number of hydrogen-bond acceptors (Lipinski definition) is 1. The van der Waals surface area contributed by atoms with Crippen LogP contribution in [0.25, 0.3) is 0 Å². The van der Waals surface area contributed by atoms with Gasteiger partial charge in [-0.25, -0.2) is 0 Å². The van der Waals surface area contributed by atoms with Crippen LogP contribution in [-0.2, 0) is 6.42 Å². The lowest BCUT2D eigenvalue weighted by atomic mass is 9.82. The molecular weight excluding hydrogens is 253 g/mol. The highest BCUT2D eigenvalue weighted by molar-refractivity contribution is 6.35. The van der Waals surface area contributed by atoms with Crippen LogP contribution in [0.3, 0.4) is 0 Å². The molecule has 0 saturated heterocycles. The van der Waals surface area contributed by atoms with Gasteiger partial charge in [-0.05, 0) is 55.8 Å². The fourth-order valence-electron chi connectivity index (χ4n) is 2.85. The molecule has 0 heterocycles. The predicted octanol–water partition coefficient (Wildman–Crippen LogP) is 4.31. The first-order valence-corrected chi connectivity index (χ1v) is 6.89. The summed E-state index contributed by atoms with van der Waals surface area (Å²) in [6.07, 6.45) is 4.79. The average molecular weight is 272 g/mol. The average Bonchev–Trinajstić information content (AvgIpc) is 2.65.